The number of nitrogens with zero attached hydrogens (tertiary/aromatic N) is 3. The fourth-order valence-corrected chi connectivity index (χ4v) is 4.33. The summed E-state index contributed by atoms with van der Waals surface area (Å²) < 4.78 is 41.1. The third kappa shape index (κ3) is 5.06. The van der Waals surface area contributed by atoms with Crippen LogP contribution in [-0.2, 0) is 10.0 Å². The minimum absolute atomic E-state index is 0.0526. The van der Waals surface area contributed by atoms with E-state index >= 15 is 0 Å². The number of rotatable bonds is 7. The minimum Gasteiger partial charge on any atom is -0.478 e. The van der Waals surface area contributed by atoms with Crippen LogP contribution in [0, 0.1) is 17.1 Å². The smallest absolute Gasteiger partial charge is 0.335 e. The molecule has 1 fully saturated rings. The summed E-state index contributed by atoms with van der Waals surface area (Å²) >= 11 is 0. The summed E-state index contributed by atoms with van der Waals surface area (Å²) in [5.41, 5.74) is 0.651. The molecule has 1 aliphatic rings. The van der Waals surface area contributed by atoms with Crippen LogP contribution in [0.25, 0.3) is 0 Å². The summed E-state index contributed by atoms with van der Waals surface area (Å²) in [5.74, 6) is -1.73. The number of hydrogen-bond acceptors (Lipinski definition) is 6. The van der Waals surface area contributed by atoms with Gasteiger partial charge in [0, 0.05) is 39.1 Å². The molecule has 0 bridgehead atoms. The van der Waals surface area contributed by atoms with Crippen molar-refractivity contribution in [1.82, 2.24) is 4.90 Å². The zero-order valence-corrected chi connectivity index (χ0v) is 16.9. The van der Waals surface area contributed by atoms with Crippen LogP contribution >= 0.6 is 0 Å². The van der Waals surface area contributed by atoms with Gasteiger partial charge in [0.25, 0.3) is 10.0 Å². The zero-order chi connectivity index (χ0) is 21.7. The molecule has 0 unspecified atom stereocenters. The van der Waals surface area contributed by atoms with Crippen molar-refractivity contribution in [1.29, 1.82) is 5.26 Å². The normalized spacial score (nSPS) is 14.9. The Kier molecular flexibility index (Phi) is 6.54. The van der Waals surface area contributed by atoms with Crippen molar-refractivity contribution < 1.29 is 22.7 Å². The summed E-state index contributed by atoms with van der Waals surface area (Å²) in [7, 11) is -4.04. The number of halogens is 1. The van der Waals surface area contributed by atoms with Crippen LogP contribution in [0.5, 0.6) is 0 Å². The van der Waals surface area contributed by atoms with Crippen LogP contribution in [0.2, 0.25) is 0 Å². The third-order valence-corrected chi connectivity index (χ3v) is 6.25. The molecular formula is C20H21FN4O4S. The highest BCUT2D eigenvalue weighted by molar-refractivity contribution is 7.92. The van der Waals surface area contributed by atoms with Crippen molar-refractivity contribution in [2.75, 3.05) is 42.3 Å². The van der Waals surface area contributed by atoms with Crippen LogP contribution < -0.4 is 9.62 Å². The Morgan fingerprint density at radius 3 is 2.40 bits per heavy atom. The van der Waals surface area contributed by atoms with E-state index in [2.05, 4.69) is 15.7 Å². The molecule has 0 radical (unpaired) electrons. The predicted octanol–water partition coefficient (Wildman–Crippen LogP) is 2.36. The topological polar surface area (TPSA) is 114 Å². The van der Waals surface area contributed by atoms with Crippen molar-refractivity contribution in [2.24, 2.45) is 0 Å². The Morgan fingerprint density at radius 2 is 1.80 bits per heavy atom. The quantitative estimate of drug-likeness (QED) is 0.690. The molecule has 10 heteroatoms. The van der Waals surface area contributed by atoms with Gasteiger partial charge in [0.15, 0.2) is 0 Å². The summed E-state index contributed by atoms with van der Waals surface area (Å²) in [5, 5.41) is 18.0. The van der Waals surface area contributed by atoms with E-state index in [0.717, 1.165) is 24.3 Å². The Hall–Kier alpha value is -3.16. The molecule has 0 saturated carbocycles. The fourth-order valence-electron chi connectivity index (χ4n) is 3.26. The van der Waals surface area contributed by atoms with Crippen molar-refractivity contribution in [3.05, 3.63) is 53.8 Å². The van der Waals surface area contributed by atoms with Gasteiger partial charge in [0.2, 0.25) is 0 Å². The number of aromatic carboxylic acids is 1. The lowest BCUT2D eigenvalue weighted by molar-refractivity contribution is 0.0697. The number of benzene rings is 2. The van der Waals surface area contributed by atoms with E-state index in [-0.39, 0.29) is 16.1 Å². The summed E-state index contributed by atoms with van der Waals surface area (Å²) in [6, 6.07) is 10.8. The molecule has 30 heavy (non-hydrogen) atoms. The van der Waals surface area contributed by atoms with E-state index in [4.69, 9.17) is 5.26 Å². The van der Waals surface area contributed by atoms with Gasteiger partial charge in [-0.05, 0) is 42.5 Å². The Balaban J connectivity index is 1.87. The molecular weight excluding hydrogens is 411 g/mol. The molecule has 1 heterocycles. The van der Waals surface area contributed by atoms with Gasteiger partial charge in [-0.3, -0.25) is 9.62 Å². The van der Waals surface area contributed by atoms with Crippen molar-refractivity contribution in [2.45, 2.75) is 11.3 Å². The first-order valence-electron chi connectivity index (χ1n) is 9.30. The van der Waals surface area contributed by atoms with Gasteiger partial charge < -0.3 is 10.0 Å². The van der Waals surface area contributed by atoms with E-state index in [1.807, 2.05) is 4.90 Å². The van der Waals surface area contributed by atoms with E-state index in [0.29, 0.717) is 44.8 Å². The van der Waals surface area contributed by atoms with Crippen LogP contribution in [0.1, 0.15) is 16.8 Å². The van der Waals surface area contributed by atoms with Crippen molar-refractivity contribution in [3.8, 4) is 6.07 Å². The largest absolute Gasteiger partial charge is 0.478 e. The van der Waals surface area contributed by atoms with Gasteiger partial charge in [-0.2, -0.15) is 5.26 Å². The molecule has 3 rings (SSSR count). The highest BCUT2D eigenvalue weighted by Crippen LogP contribution is 2.30. The van der Waals surface area contributed by atoms with Gasteiger partial charge in [-0.15, -0.1) is 0 Å². The van der Waals surface area contributed by atoms with Crippen LogP contribution in [0.15, 0.2) is 47.4 Å². The first kappa shape index (κ1) is 21.5. The number of hydrogen-bond donors (Lipinski definition) is 2. The molecule has 0 amide bonds. The summed E-state index contributed by atoms with van der Waals surface area (Å²) in [4.78, 5) is 15.4. The van der Waals surface area contributed by atoms with Gasteiger partial charge in [-0.1, -0.05) is 0 Å². The maximum atomic E-state index is 13.2. The molecule has 2 N–H and O–H groups in total. The molecule has 0 atom stereocenters. The van der Waals surface area contributed by atoms with Gasteiger partial charge in [0.1, 0.15) is 5.82 Å². The van der Waals surface area contributed by atoms with Gasteiger partial charge >= 0.3 is 5.97 Å². The standard InChI is InChI=1S/C20H21FN4O4S/c21-16-3-5-17(6-4-16)30(28,29)23-18-14-15(20(26)27)2-7-19(18)25-12-10-24(11-13-25)9-1-8-22/h2-7,14,23H,1,9-13H2,(H,26,27). The molecule has 8 nitrogen and oxygen atoms in total. The van der Waals surface area contributed by atoms with E-state index in [1.54, 1.807) is 6.07 Å². The lowest BCUT2D eigenvalue weighted by Gasteiger charge is -2.36. The Morgan fingerprint density at radius 1 is 1.13 bits per heavy atom. The maximum absolute atomic E-state index is 13.2. The van der Waals surface area contributed by atoms with E-state index in [9.17, 15) is 22.7 Å². The molecule has 0 spiro atoms. The fraction of sp³-hybridized carbons (Fsp3) is 0.300. The first-order valence-corrected chi connectivity index (χ1v) is 10.8. The Labute approximate surface area is 174 Å². The maximum Gasteiger partial charge on any atom is 0.335 e. The molecule has 1 aliphatic heterocycles. The van der Waals surface area contributed by atoms with E-state index in [1.165, 1.54) is 12.1 Å². The average Bonchev–Trinajstić information content (AvgIpc) is 2.72. The highest BCUT2D eigenvalue weighted by Gasteiger charge is 2.23. The summed E-state index contributed by atoms with van der Waals surface area (Å²) in [6.07, 6.45) is 0.441. The average molecular weight is 432 g/mol. The van der Waals surface area contributed by atoms with Gasteiger partial charge in [0.05, 0.1) is 27.9 Å². The number of carbonyl (C=O) groups is 1. The number of nitriles is 1. The lowest BCUT2D eigenvalue weighted by atomic mass is 10.1. The monoisotopic (exact) mass is 432 g/mol. The van der Waals surface area contributed by atoms with E-state index < -0.39 is 21.8 Å². The second-order valence-corrected chi connectivity index (χ2v) is 8.52. The van der Waals surface area contributed by atoms with Crippen LogP contribution in [-0.4, -0.2) is 57.1 Å². The van der Waals surface area contributed by atoms with Crippen molar-refractivity contribution in [3.63, 3.8) is 0 Å². The second kappa shape index (κ2) is 9.11. The number of carboxylic acids is 1. The highest BCUT2D eigenvalue weighted by atomic mass is 32.2. The first-order chi connectivity index (χ1) is 14.3. The van der Waals surface area contributed by atoms with Gasteiger partial charge in [-0.25, -0.2) is 17.6 Å². The molecule has 2 aromatic carbocycles. The molecule has 158 valence electrons. The van der Waals surface area contributed by atoms with Crippen molar-refractivity contribution >= 4 is 27.4 Å². The number of carboxylic acid groups (broad SMARTS) is 1. The Bertz CT molecular complexity index is 1060. The molecule has 2 aromatic rings. The second-order valence-electron chi connectivity index (χ2n) is 6.83. The number of nitrogens with one attached hydrogen (secondary N) is 1. The molecule has 1 saturated heterocycles. The predicted molar refractivity (Wildman–Crippen MR) is 109 cm³/mol. The lowest BCUT2D eigenvalue weighted by Crippen LogP contribution is -2.46. The number of piperazine rings is 1. The number of anilines is 2. The SMILES string of the molecule is N#CCCN1CCN(c2ccc(C(=O)O)cc2NS(=O)(=O)c2ccc(F)cc2)CC1. The van der Waals surface area contributed by atoms with Crippen LogP contribution in [0.4, 0.5) is 15.8 Å². The third-order valence-electron chi connectivity index (χ3n) is 4.86. The minimum atomic E-state index is -4.04. The molecule has 0 aromatic heterocycles. The zero-order valence-electron chi connectivity index (χ0n) is 16.1. The summed E-state index contributed by atoms with van der Waals surface area (Å²) in [6.45, 7) is 3.28. The van der Waals surface area contributed by atoms with Crippen LogP contribution in [0.3, 0.4) is 0 Å². The molecule has 0 aliphatic carbocycles. The number of sulfonamides is 1.